The van der Waals surface area contributed by atoms with Gasteiger partial charge in [0, 0.05) is 7.05 Å². The van der Waals surface area contributed by atoms with Crippen molar-refractivity contribution >= 4 is 38.6 Å². The molecule has 1 saturated heterocycles. The lowest BCUT2D eigenvalue weighted by Crippen LogP contribution is -2.64. The summed E-state index contributed by atoms with van der Waals surface area (Å²) in [6.07, 6.45) is -0.634. The Hall–Kier alpha value is -1.64. The van der Waals surface area contributed by atoms with Gasteiger partial charge >= 0.3 is 12.0 Å². The van der Waals surface area contributed by atoms with Gasteiger partial charge in [-0.3, -0.25) is 14.9 Å². The van der Waals surface area contributed by atoms with Gasteiger partial charge in [0.15, 0.2) is 17.0 Å². The molecule has 0 aromatic carbocycles. The molecule has 3 amide bonds. The SMILES string of the molecule is COC(=O)CN1C(Br)=NC2C1C(=O)NC(=O)N2C. The molecule has 2 heterocycles. The number of nitrogens with one attached hydrogen (secondary N) is 1. The van der Waals surface area contributed by atoms with E-state index in [0.717, 1.165) is 0 Å². The molecule has 0 spiro atoms. The molecule has 1 fully saturated rings. The zero-order chi connectivity index (χ0) is 13.4. The van der Waals surface area contributed by atoms with Crippen LogP contribution in [0.3, 0.4) is 0 Å². The predicted molar refractivity (Wildman–Crippen MR) is 64.0 cm³/mol. The number of hydrogen-bond acceptors (Lipinski definition) is 6. The van der Waals surface area contributed by atoms with Crippen molar-refractivity contribution < 1.29 is 19.1 Å². The largest absolute Gasteiger partial charge is 0.468 e. The van der Waals surface area contributed by atoms with Crippen molar-refractivity contribution in [3.63, 3.8) is 0 Å². The second kappa shape index (κ2) is 4.56. The van der Waals surface area contributed by atoms with E-state index in [4.69, 9.17) is 0 Å². The fraction of sp³-hybridized carbons (Fsp3) is 0.556. The molecule has 0 radical (unpaired) electrons. The standard InChI is InChI=1S/C9H11BrN4O4/c1-13-6-5(7(16)12-9(13)17)14(8(10)11-6)3-4(15)18-2/h5-6H,3H2,1-2H3,(H,12,16,17). The van der Waals surface area contributed by atoms with Crippen LogP contribution in [-0.2, 0) is 14.3 Å². The highest BCUT2D eigenvalue weighted by atomic mass is 79.9. The van der Waals surface area contributed by atoms with Gasteiger partial charge in [-0.25, -0.2) is 9.79 Å². The minimum atomic E-state index is -0.721. The number of amides is 3. The molecule has 2 atom stereocenters. The third-order valence-electron chi connectivity index (χ3n) is 2.84. The molecule has 0 aromatic rings. The number of methoxy groups -OCH3 is 1. The second-order valence-electron chi connectivity index (χ2n) is 3.87. The van der Waals surface area contributed by atoms with Crippen molar-refractivity contribution in [3.8, 4) is 0 Å². The van der Waals surface area contributed by atoms with E-state index in [1.807, 2.05) is 0 Å². The van der Waals surface area contributed by atoms with Crippen molar-refractivity contribution in [1.82, 2.24) is 15.1 Å². The Labute approximate surface area is 111 Å². The van der Waals surface area contributed by atoms with Gasteiger partial charge in [-0.15, -0.1) is 0 Å². The van der Waals surface area contributed by atoms with Crippen molar-refractivity contribution in [2.24, 2.45) is 4.99 Å². The quantitative estimate of drug-likeness (QED) is 0.526. The fourth-order valence-electron chi connectivity index (χ4n) is 1.86. The number of imide groups is 1. The maximum Gasteiger partial charge on any atom is 0.325 e. The monoisotopic (exact) mass is 318 g/mol. The molecule has 2 aliphatic heterocycles. The number of carbonyl (C=O) groups excluding carboxylic acids is 3. The van der Waals surface area contributed by atoms with Crippen LogP contribution in [0.2, 0.25) is 0 Å². The molecule has 0 aromatic heterocycles. The molecule has 0 aliphatic carbocycles. The number of likely N-dealkylation sites (N-methyl/N-ethyl adjacent to an activating group) is 1. The molecule has 18 heavy (non-hydrogen) atoms. The van der Waals surface area contributed by atoms with Crippen LogP contribution in [0.25, 0.3) is 0 Å². The van der Waals surface area contributed by atoms with Gasteiger partial charge in [0.25, 0.3) is 5.91 Å². The van der Waals surface area contributed by atoms with Crippen LogP contribution in [0.1, 0.15) is 0 Å². The van der Waals surface area contributed by atoms with Gasteiger partial charge in [-0.2, -0.15) is 0 Å². The van der Waals surface area contributed by atoms with Gasteiger partial charge in [0.1, 0.15) is 6.54 Å². The van der Waals surface area contributed by atoms with Crippen molar-refractivity contribution in [2.45, 2.75) is 12.2 Å². The number of rotatable bonds is 2. The average Bonchev–Trinajstić information content (AvgIpc) is 2.64. The Bertz CT molecular complexity index is 452. The summed E-state index contributed by atoms with van der Waals surface area (Å²) in [6, 6.07) is -1.23. The molecule has 0 saturated carbocycles. The minimum Gasteiger partial charge on any atom is -0.468 e. The third kappa shape index (κ3) is 1.94. The van der Waals surface area contributed by atoms with Crippen molar-refractivity contribution in [2.75, 3.05) is 20.7 Å². The second-order valence-corrected chi connectivity index (χ2v) is 4.58. The molecule has 2 unspecified atom stereocenters. The summed E-state index contributed by atoms with van der Waals surface area (Å²) in [5.74, 6) is -0.972. The highest BCUT2D eigenvalue weighted by molar-refractivity contribution is 9.18. The fourth-order valence-corrected chi connectivity index (χ4v) is 2.42. The molecule has 8 nitrogen and oxygen atoms in total. The minimum absolute atomic E-state index is 0.114. The van der Waals surface area contributed by atoms with Gasteiger partial charge in [0.2, 0.25) is 0 Å². The van der Waals surface area contributed by atoms with Gasteiger partial charge in [-0.05, 0) is 15.9 Å². The van der Waals surface area contributed by atoms with Crippen LogP contribution >= 0.6 is 15.9 Å². The lowest BCUT2D eigenvalue weighted by atomic mass is 10.1. The lowest BCUT2D eigenvalue weighted by molar-refractivity contribution is -0.142. The third-order valence-corrected chi connectivity index (χ3v) is 3.50. The molecule has 2 aliphatic rings. The molecule has 1 N–H and O–H groups in total. The number of halogens is 1. The van der Waals surface area contributed by atoms with Crippen molar-refractivity contribution in [1.29, 1.82) is 0 Å². The summed E-state index contributed by atoms with van der Waals surface area (Å²) >= 11 is 3.18. The summed E-state index contributed by atoms with van der Waals surface area (Å²) < 4.78 is 4.90. The van der Waals surface area contributed by atoms with E-state index in [2.05, 4.69) is 31.0 Å². The Morgan fingerprint density at radius 1 is 1.56 bits per heavy atom. The first-order chi connectivity index (χ1) is 8.45. The van der Waals surface area contributed by atoms with E-state index in [-0.39, 0.29) is 6.54 Å². The summed E-state index contributed by atoms with van der Waals surface area (Å²) in [4.78, 5) is 41.5. The number of fused-ring (bicyclic) bond motifs is 1. The molecule has 98 valence electrons. The Balaban J connectivity index is 2.25. The highest BCUT2D eigenvalue weighted by Gasteiger charge is 2.48. The molecule has 2 rings (SSSR count). The van der Waals surface area contributed by atoms with Gasteiger partial charge < -0.3 is 14.5 Å². The lowest BCUT2D eigenvalue weighted by Gasteiger charge is -2.35. The maximum absolute atomic E-state index is 11.8. The number of amidine groups is 1. The number of nitrogens with zero attached hydrogens (tertiary/aromatic N) is 3. The smallest absolute Gasteiger partial charge is 0.325 e. The van der Waals surface area contributed by atoms with Crippen LogP contribution in [0.5, 0.6) is 0 Å². The summed E-state index contributed by atoms with van der Waals surface area (Å²) in [5.41, 5.74) is 0. The van der Waals surface area contributed by atoms with Crippen LogP contribution in [0, 0.1) is 0 Å². The van der Waals surface area contributed by atoms with E-state index in [1.54, 1.807) is 0 Å². The number of urea groups is 1. The summed E-state index contributed by atoms with van der Waals surface area (Å²) in [7, 11) is 2.79. The molecular formula is C9H11BrN4O4. The van der Waals surface area contributed by atoms with Crippen LogP contribution < -0.4 is 5.32 Å². The number of aliphatic imine (C=N–C) groups is 1. The maximum atomic E-state index is 11.8. The van der Waals surface area contributed by atoms with E-state index in [9.17, 15) is 14.4 Å². The Morgan fingerprint density at radius 2 is 2.22 bits per heavy atom. The highest BCUT2D eigenvalue weighted by Crippen LogP contribution is 2.25. The predicted octanol–water partition coefficient (Wildman–Crippen LogP) is -0.898. The summed E-state index contributed by atoms with van der Waals surface area (Å²) in [6.45, 7) is -0.114. The molecule has 9 heteroatoms. The van der Waals surface area contributed by atoms with E-state index >= 15 is 0 Å². The molecule has 0 bridgehead atoms. The Kier molecular flexibility index (Phi) is 3.24. The van der Waals surface area contributed by atoms with E-state index in [0.29, 0.717) is 4.74 Å². The number of esters is 1. The first-order valence-electron chi connectivity index (χ1n) is 5.10. The topological polar surface area (TPSA) is 91.3 Å². The Morgan fingerprint density at radius 3 is 2.83 bits per heavy atom. The zero-order valence-electron chi connectivity index (χ0n) is 9.71. The van der Waals surface area contributed by atoms with Crippen molar-refractivity contribution in [3.05, 3.63) is 0 Å². The first-order valence-corrected chi connectivity index (χ1v) is 5.89. The van der Waals surface area contributed by atoms with Crippen LogP contribution in [0.15, 0.2) is 4.99 Å². The number of carbonyl (C=O) groups is 3. The normalized spacial score (nSPS) is 26.7. The number of ether oxygens (including phenoxy) is 1. The summed E-state index contributed by atoms with van der Waals surface area (Å²) in [5, 5.41) is 2.20. The first kappa shape index (κ1) is 12.8. The van der Waals surface area contributed by atoms with E-state index < -0.39 is 30.1 Å². The van der Waals surface area contributed by atoms with Gasteiger partial charge in [-0.1, -0.05) is 0 Å². The van der Waals surface area contributed by atoms with Crippen LogP contribution in [-0.4, -0.2) is 65.4 Å². The van der Waals surface area contributed by atoms with Crippen LogP contribution in [0.4, 0.5) is 4.79 Å². The average molecular weight is 319 g/mol. The zero-order valence-corrected chi connectivity index (χ0v) is 11.3. The van der Waals surface area contributed by atoms with E-state index in [1.165, 1.54) is 24.0 Å². The number of hydrogen-bond donors (Lipinski definition) is 1. The molecular weight excluding hydrogens is 308 g/mol. The van der Waals surface area contributed by atoms with Gasteiger partial charge in [0.05, 0.1) is 7.11 Å².